The maximum Gasteiger partial charge on any atom is 0.237 e. The number of amides is 1. The molecule has 0 aromatic heterocycles. The summed E-state index contributed by atoms with van der Waals surface area (Å²) in [5, 5.41) is 2.97. The van der Waals surface area contributed by atoms with Crippen molar-refractivity contribution in [2.75, 3.05) is 13.1 Å². The fraction of sp³-hybridized carbons (Fsp3) is 0.857. The van der Waals surface area contributed by atoms with Crippen molar-refractivity contribution in [3.63, 3.8) is 0 Å². The van der Waals surface area contributed by atoms with Crippen LogP contribution in [0.1, 0.15) is 52.9 Å². The quantitative estimate of drug-likeness (QED) is 0.704. The number of nitrogens with zero attached hydrogens (tertiary/aromatic N) is 1. The molecule has 2 unspecified atom stereocenters. The normalized spacial score (nSPS) is 21.8. The van der Waals surface area contributed by atoms with Crippen molar-refractivity contribution in [1.29, 1.82) is 0 Å². The van der Waals surface area contributed by atoms with Gasteiger partial charge in [-0.15, -0.1) is 0 Å². The summed E-state index contributed by atoms with van der Waals surface area (Å²) in [5.41, 5.74) is 0. The van der Waals surface area contributed by atoms with Crippen LogP contribution in [0, 0.1) is 0 Å². The molecule has 0 saturated carbocycles. The van der Waals surface area contributed by atoms with E-state index in [1.807, 2.05) is 6.92 Å². The summed E-state index contributed by atoms with van der Waals surface area (Å²) < 4.78 is 0. The number of hydrogen-bond donors (Lipinski definition) is 1. The molecule has 18 heavy (non-hydrogen) atoms. The number of carbonyl (C=O) groups excluding carboxylic acids is 2. The molecule has 0 spiro atoms. The molecule has 1 fully saturated rings. The Morgan fingerprint density at radius 3 is 2.78 bits per heavy atom. The minimum atomic E-state index is -0.117. The molecule has 4 nitrogen and oxygen atoms in total. The van der Waals surface area contributed by atoms with E-state index in [9.17, 15) is 9.59 Å². The molecule has 0 aliphatic carbocycles. The summed E-state index contributed by atoms with van der Waals surface area (Å²) in [6, 6.07) is 0.142. The lowest BCUT2D eigenvalue weighted by Gasteiger charge is -2.29. The summed E-state index contributed by atoms with van der Waals surface area (Å²) in [4.78, 5) is 25.4. The van der Waals surface area contributed by atoms with Gasteiger partial charge in [0.2, 0.25) is 5.91 Å². The number of rotatable bonds is 7. The summed E-state index contributed by atoms with van der Waals surface area (Å²) >= 11 is 0. The Morgan fingerprint density at radius 1 is 1.44 bits per heavy atom. The number of likely N-dealkylation sites (tertiary alicyclic amines) is 1. The third kappa shape index (κ3) is 4.41. The average molecular weight is 254 g/mol. The van der Waals surface area contributed by atoms with Gasteiger partial charge in [-0.1, -0.05) is 13.3 Å². The zero-order chi connectivity index (χ0) is 13.5. The maximum absolute atomic E-state index is 12.0. The van der Waals surface area contributed by atoms with Crippen LogP contribution in [0.3, 0.4) is 0 Å². The Hall–Kier alpha value is -0.900. The average Bonchev–Trinajstić information content (AvgIpc) is 2.75. The van der Waals surface area contributed by atoms with E-state index in [2.05, 4.69) is 17.1 Å². The predicted molar refractivity (Wildman–Crippen MR) is 72.4 cm³/mol. The molecule has 1 saturated heterocycles. The SMILES string of the molecule is CCCCNC(=O)C(C)N1CCCC1CC(C)=O. The minimum absolute atomic E-state index is 0.0962. The van der Waals surface area contributed by atoms with Crippen LogP contribution in [0.4, 0.5) is 0 Å². The van der Waals surface area contributed by atoms with E-state index in [0.717, 1.165) is 38.8 Å². The van der Waals surface area contributed by atoms with Crippen molar-refractivity contribution in [2.45, 2.75) is 65.0 Å². The van der Waals surface area contributed by atoms with Crippen LogP contribution in [0.5, 0.6) is 0 Å². The van der Waals surface area contributed by atoms with E-state index in [-0.39, 0.29) is 23.8 Å². The third-order valence-electron chi connectivity index (χ3n) is 3.65. The van der Waals surface area contributed by atoms with Gasteiger partial charge in [0, 0.05) is 19.0 Å². The number of ketones is 1. The van der Waals surface area contributed by atoms with Crippen LogP contribution in [0.2, 0.25) is 0 Å². The lowest BCUT2D eigenvalue weighted by Crippen LogP contribution is -2.47. The zero-order valence-corrected chi connectivity index (χ0v) is 11.9. The highest BCUT2D eigenvalue weighted by Crippen LogP contribution is 2.22. The van der Waals surface area contributed by atoms with E-state index < -0.39 is 0 Å². The molecule has 1 rings (SSSR count). The van der Waals surface area contributed by atoms with Gasteiger partial charge in [0.1, 0.15) is 5.78 Å². The van der Waals surface area contributed by atoms with Crippen LogP contribution >= 0.6 is 0 Å². The van der Waals surface area contributed by atoms with Crippen molar-refractivity contribution in [1.82, 2.24) is 10.2 Å². The Bertz CT molecular complexity index is 292. The molecule has 0 aromatic rings. The number of carbonyl (C=O) groups is 2. The van der Waals surface area contributed by atoms with Crippen LogP contribution < -0.4 is 5.32 Å². The highest BCUT2D eigenvalue weighted by Gasteiger charge is 2.32. The third-order valence-corrected chi connectivity index (χ3v) is 3.65. The summed E-state index contributed by atoms with van der Waals surface area (Å²) in [7, 11) is 0. The highest BCUT2D eigenvalue weighted by atomic mass is 16.2. The lowest BCUT2D eigenvalue weighted by atomic mass is 10.1. The number of unbranched alkanes of at least 4 members (excludes halogenated alkanes) is 1. The molecule has 104 valence electrons. The molecule has 0 radical (unpaired) electrons. The first-order chi connectivity index (χ1) is 8.56. The van der Waals surface area contributed by atoms with Gasteiger partial charge in [-0.2, -0.15) is 0 Å². The van der Waals surface area contributed by atoms with Gasteiger partial charge in [-0.05, 0) is 39.7 Å². The van der Waals surface area contributed by atoms with Crippen LogP contribution in [-0.2, 0) is 9.59 Å². The zero-order valence-electron chi connectivity index (χ0n) is 11.9. The molecule has 0 aromatic carbocycles. The minimum Gasteiger partial charge on any atom is -0.355 e. The smallest absolute Gasteiger partial charge is 0.237 e. The van der Waals surface area contributed by atoms with Gasteiger partial charge in [0.05, 0.1) is 6.04 Å². The first-order valence-corrected chi connectivity index (χ1v) is 7.09. The Kier molecular flexibility index (Phi) is 6.33. The van der Waals surface area contributed by atoms with Gasteiger partial charge in [0.25, 0.3) is 0 Å². The fourth-order valence-corrected chi connectivity index (χ4v) is 2.61. The molecule has 0 bridgehead atoms. The van der Waals surface area contributed by atoms with E-state index in [0.29, 0.717) is 6.42 Å². The Labute approximate surface area is 110 Å². The van der Waals surface area contributed by atoms with Crippen molar-refractivity contribution >= 4 is 11.7 Å². The molecule has 2 atom stereocenters. The molecule has 1 aliphatic rings. The number of nitrogens with one attached hydrogen (secondary N) is 1. The van der Waals surface area contributed by atoms with Crippen molar-refractivity contribution in [3.8, 4) is 0 Å². The number of hydrogen-bond acceptors (Lipinski definition) is 3. The molecular weight excluding hydrogens is 228 g/mol. The standard InChI is InChI=1S/C14H26N2O2/c1-4-5-8-15-14(18)12(3)16-9-6-7-13(16)10-11(2)17/h12-13H,4-10H2,1-3H3,(H,15,18). The second kappa shape index (κ2) is 7.52. The topological polar surface area (TPSA) is 49.4 Å². The van der Waals surface area contributed by atoms with Gasteiger partial charge >= 0.3 is 0 Å². The summed E-state index contributed by atoms with van der Waals surface area (Å²) in [6.45, 7) is 7.37. The van der Waals surface area contributed by atoms with Crippen LogP contribution in [0.15, 0.2) is 0 Å². The van der Waals surface area contributed by atoms with E-state index in [1.165, 1.54) is 0 Å². The lowest BCUT2D eigenvalue weighted by molar-refractivity contribution is -0.127. The largest absolute Gasteiger partial charge is 0.355 e. The van der Waals surface area contributed by atoms with E-state index in [1.54, 1.807) is 6.92 Å². The predicted octanol–water partition coefficient (Wildman–Crippen LogP) is 1.73. The van der Waals surface area contributed by atoms with Gasteiger partial charge in [-0.25, -0.2) is 0 Å². The molecule has 4 heteroatoms. The maximum atomic E-state index is 12.0. The molecule has 1 aliphatic heterocycles. The molecular formula is C14H26N2O2. The Morgan fingerprint density at radius 2 is 2.17 bits per heavy atom. The van der Waals surface area contributed by atoms with E-state index in [4.69, 9.17) is 0 Å². The summed E-state index contributed by atoms with van der Waals surface area (Å²) in [6.07, 6.45) is 4.81. The van der Waals surface area contributed by atoms with Crippen molar-refractivity contribution in [2.24, 2.45) is 0 Å². The monoisotopic (exact) mass is 254 g/mol. The number of Topliss-reactive ketones (excluding diaryl/α,β-unsaturated/α-hetero) is 1. The first-order valence-electron chi connectivity index (χ1n) is 7.09. The van der Waals surface area contributed by atoms with Gasteiger partial charge in [-0.3, -0.25) is 14.5 Å². The first kappa shape index (κ1) is 15.2. The highest BCUT2D eigenvalue weighted by molar-refractivity contribution is 5.81. The molecule has 1 amide bonds. The van der Waals surface area contributed by atoms with Crippen molar-refractivity contribution < 1.29 is 9.59 Å². The molecule has 1 heterocycles. The van der Waals surface area contributed by atoms with Crippen LogP contribution in [-0.4, -0.2) is 41.8 Å². The summed E-state index contributed by atoms with van der Waals surface area (Å²) in [5.74, 6) is 0.310. The second-order valence-electron chi connectivity index (χ2n) is 5.26. The second-order valence-corrected chi connectivity index (χ2v) is 5.26. The van der Waals surface area contributed by atoms with E-state index >= 15 is 0 Å². The van der Waals surface area contributed by atoms with Crippen LogP contribution in [0.25, 0.3) is 0 Å². The van der Waals surface area contributed by atoms with Gasteiger partial charge in [0.15, 0.2) is 0 Å². The fourth-order valence-electron chi connectivity index (χ4n) is 2.61. The molecule has 1 N–H and O–H groups in total. The van der Waals surface area contributed by atoms with Gasteiger partial charge < -0.3 is 5.32 Å². The van der Waals surface area contributed by atoms with Crippen molar-refractivity contribution in [3.05, 3.63) is 0 Å². The Balaban J connectivity index is 2.45.